The van der Waals surface area contributed by atoms with Crippen LogP contribution in [0.15, 0.2) is 18.2 Å². The summed E-state index contributed by atoms with van der Waals surface area (Å²) in [5, 5.41) is 8.41. The van der Waals surface area contributed by atoms with Crippen LogP contribution in [-0.2, 0) is 4.79 Å². The number of hydrogen-bond acceptors (Lipinski definition) is 3. The molecule has 76 valence electrons. The van der Waals surface area contributed by atoms with E-state index in [9.17, 15) is 4.79 Å². The number of hydrogen-bond donors (Lipinski definition) is 1. The van der Waals surface area contributed by atoms with Crippen molar-refractivity contribution in [3.8, 4) is 11.5 Å². The van der Waals surface area contributed by atoms with Gasteiger partial charge < -0.3 is 14.6 Å². The first-order valence-electron chi connectivity index (χ1n) is 4.12. The predicted octanol–water partition coefficient (Wildman–Crippen LogP) is 1.47. The fourth-order valence-corrected chi connectivity index (χ4v) is 1.06. The SMILES string of the molecule is COc1cc(C)cc(OCC(=O)O)c1. The number of ether oxygens (including phenoxy) is 2. The molecule has 0 aromatic heterocycles. The lowest BCUT2D eigenvalue weighted by Gasteiger charge is -2.06. The minimum Gasteiger partial charge on any atom is -0.497 e. The van der Waals surface area contributed by atoms with E-state index in [0.717, 1.165) is 5.56 Å². The average molecular weight is 196 g/mol. The summed E-state index contributed by atoms with van der Waals surface area (Å²) in [5.74, 6) is 0.167. The Hall–Kier alpha value is -1.71. The van der Waals surface area contributed by atoms with Crippen molar-refractivity contribution >= 4 is 5.97 Å². The maximum atomic E-state index is 10.3. The Morgan fingerprint density at radius 1 is 1.36 bits per heavy atom. The molecular formula is C10H12O4. The fraction of sp³-hybridized carbons (Fsp3) is 0.300. The summed E-state index contributed by atoms with van der Waals surface area (Å²) in [6.45, 7) is 1.54. The molecule has 0 radical (unpaired) electrons. The number of carboxylic acids is 1. The number of rotatable bonds is 4. The molecule has 0 fully saturated rings. The van der Waals surface area contributed by atoms with E-state index in [1.54, 1.807) is 19.2 Å². The van der Waals surface area contributed by atoms with Crippen LogP contribution in [0.1, 0.15) is 5.56 Å². The van der Waals surface area contributed by atoms with Gasteiger partial charge in [-0.05, 0) is 24.6 Å². The molecule has 14 heavy (non-hydrogen) atoms. The normalized spacial score (nSPS) is 9.57. The van der Waals surface area contributed by atoms with Crippen LogP contribution in [0.4, 0.5) is 0 Å². The molecule has 0 aliphatic heterocycles. The summed E-state index contributed by atoms with van der Waals surface area (Å²) in [6, 6.07) is 5.25. The lowest BCUT2D eigenvalue weighted by molar-refractivity contribution is -0.139. The van der Waals surface area contributed by atoms with Crippen molar-refractivity contribution in [2.24, 2.45) is 0 Å². The summed E-state index contributed by atoms with van der Waals surface area (Å²) in [5.41, 5.74) is 0.963. The Labute approximate surface area is 82.1 Å². The number of benzene rings is 1. The smallest absolute Gasteiger partial charge is 0.341 e. The highest BCUT2D eigenvalue weighted by Crippen LogP contribution is 2.21. The Kier molecular flexibility index (Phi) is 3.34. The standard InChI is InChI=1S/C10H12O4/c1-7-3-8(13-2)5-9(4-7)14-6-10(11)12/h3-5H,6H2,1-2H3,(H,11,12). The van der Waals surface area contributed by atoms with Gasteiger partial charge in [0.05, 0.1) is 7.11 Å². The largest absolute Gasteiger partial charge is 0.497 e. The first-order chi connectivity index (χ1) is 6.61. The molecule has 1 aromatic rings. The van der Waals surface area contributed by atoms with Crippen molar-refractivity contribution in [2.75, 3.05) is 13.7 Å². The molecule has 0 saturated carbocycles. The predicted molar refractivity (Wildman–Crippen MR) is 50.9 cm³/mol. The molecule has 0 aliphatic rings. The van der Waals surface area contributed by atoms with Crippen LogP contribution in [0, 0.1) is 6.92 Å². The third-order valence-corrected chi connectivity index (χ3v) is 1.62. The van der Waals surface area contributed by atoms with Gasteiger partial charge >= 0.3 is 5.97 Å². The van der Waals surface area contributed by atoms with Crippen molar-refractivity contribution in [1.29, 1.82) is 0 Å². The minimum atomic E-state index is -0.995. The van der Waals surface area contributed by atoms with Gasteiger partial charge in [-0.2, -0.15) is 0 Å². The number of aliphatic carboxylic acids is 1. The van der Waals surface area contributed by atoms with E-state index in [2.05, 4.69) is 0 Å². The van der Waals surface area contributed by atoms with Crippen molar-refractivity contribution in [2.45, 2.75) is 6.92 Å². The maximum absolute atomic E-state index is 10.3. The maximum Gasteiger partial charge on any atom is 0.341 e. The van der Waals surface area contributed by atoms with Gasteiger partial charge in [0.25, 0.3) is 0 Å². The Morgan fingerprint density at radius 3 is 2.57 bits per heavy atom. The average Bonchev–Trinajstić information content (AvgIpc) is 2.14. The zero-order valence-electron chi connectivity index (χ0n) is 8.11. The van der Waals surface area contributed by atoms with E-state index in [1.165, 1.54) is 0 Å². The van der Waals surface area contributed by atoms with Gasteiger partial charge in [-0.3, -0.25) is 0 Å². The van der Waals surface area contributed by atoms with Gasteiger partial charge in [-0.15, -0.1) is 0 Å². The van der Waals surface area contributed by atoms with E-state index in [0.29, 0.717) is 11.5 Å². The van der Waals surface area contributed by atoms with E-state index in [4.69, 9.17) is 14.6 Å². The topological polar surface area (TPSA) is 55.8 Å². The van der Waals surface area contributed by atoms with E-state index >= 15 is 0 Å². The molecule has 1 rings (SSSR count). The Bertz CT molecular complexity index is 333. The lowest BCUT2D eigenvalue weighted by Crippen LogP contribution is -2.09. The molecule has 0 amide bonds. The summed E-state index contributed by atoms with van der Waals surface area (Å²) < 4.78 is 10.0. The zero-order valence-corrected chi connectivity index (χ0v) is 8.11. The molecule has 0 unspecified atom stereocenters. The first-order valence-corrected chi connectivity index (χ1v) is 4.12. The summed E-state index contributed by atoms with van der Waals surface area (Å²) in [4.78, 5) is 10.3. The van der Waals surface area contributed by atoms with Gasteiger partial charge in [0.1, 0.15) is 11.5 Å². The third kappa shape index (κ3) is 2.97. The van der Waals surface area contributed by atoms with Crippen molar-refractivity contribution < 1.29 is 19.4 Å². The summed E-state index contributed by atoms with van der Waals surface area (Å²) >= 11 is 0. The van der Waals surface area contributed by atoms with Crippen molar-refractivity contribution in [3.63, 3.8) is 0 Å². The minimum absolute atomic E-state index is 0.341. The highest BCUT2D eigenvalue weighted by atomic mass is 16.5. The van der Waals surface area contributed by atoms with E-state index < -0.39 is 5.97 Å². The second-order valence-corrected chi connectivity index (χ2v) is 2.87. The molecule has 4 heteroatoms. The first kappa shape index (κ1) is 10.4. The number of methoxy groups -OCH3 is 1. The highest BCUT2D eigenvalue weighted by molar-refractivity contribution is 5.68. The van der Waals surface area contributed by atoms with Gasteiger partial charge in [0.2, 0.25) is 0 Å². The molecule has 0 atom stereocenters. The Morgan fingerprint density at radius 2 is 2.00 bits per heavy atom. The van der Waals surface area contributed by atoms with Gasteiger partial charge in [0, 0.05) is 6.07 Å². The van der Waals surface area contributed by atoms with Crippen LogP contribution in [0.25, 0.3) is 0 Å². The van der Waals surface area contributed by atoms with Crippen molar-refractivity contribution in [3.05, 3.63) is 23.8 Å². The molecule has 0 spiro atoms. The van der Waals surface area contributed by atoms with Crippen molar-refractivity contribution in [1.82, 2.24) is 0 Å². The number of aryl methyl sites for hydroxylation is 1. The second kappa shape index (κ2) is 4.50. The highest BCUT2D eigenvalue weighted by Gasteiger charge is 2.02. The summed E-state index contributed by atoms with van der Waals surface area (Å²) in [7, 11) is 1.55. The van der Waals surface area contributed by atoms with Crippen LogP contribution < -0.4 is 9.47 Å². The van der Waals surface area contributed by atoms with Crippen LogP contribution in [-0.4, -0.2) is 24.8 Å². The fourth-order valence-electron chi connectivity index (χ4n) is 1.06. The molecule has 4 nitrogen and oxygen atoms in total. The van der Waals surface area contributed by atoms with Crippen LogP contribution in [0.2, 0.25) is 0 Å². The van der Waals surface area contributed by atoms with Gasteiger partial charge in [-0.25, -0.2) is 4.79 Å². The Balaban J connectivity index is 2.76. The van der Waals surface area contributed by atoms with Crippen LogP contribution in [0.3, 0.4) is 0 Å². The molecule has 0 saturated heterocycles. The molecule has 1 aromatic carbocycles. The molecule has 0 heterocycles. The van der Waals surface area contributed by atoms with E-state index in [-0.39, 0.29) is 6.61 Å². The quantitative estimate of drug-likeness (QED) is 0.792. The monoisotopic (exact) mass is 196 g/mol. The van der Waals surface area contributed by atoms with E-state index in [1.807, 2.05) is 13.0 Å². The molecule has 1 N–H and O–H groups in total. The van der Waals surface area contributed by atoms with Gasteiger partial charge in [0.15, 0.2) is 6.61 Å². The van der Waals surface area contributed by atoms with Crippen LogP contribution in [0.5, 0.6) is 11.5 Å². The number of carbonyl (C=O) groups is 1. The second-order valence-electron chi connectivity index (χ2n) is 2.87. The molecule has 0 aliphatic carbocycles. The lowest BCUT2D eigenvalue weighted by atomic mass is 10.2. The summed E-state index contributed by atoms with van der Waals surface area (Å²) in [6.07, 6.45) is 0. The molecule has 0 bridgehead atoms. The third-order valence-electron chi connectivity index (χ3n) is 1.62. The van der Waals surface area contributed by atoms with Crippen LogP contribution >= 0.6 is 0 Å². The number of carboxylic acid groups (broad SMARTS) is 1. The molecular weight excluding hydrogens is 184 g/mol. The van der Waals surface area contributed by atoms with Gasteiger partial charge in [-0.1, -0.05) is 0 Å². The zero-order chi connectivity index (χ0) is 10.6.